The van der Waals surface area contributed by atoms with Gasteiger partial charge in [0.15, 0.2) is 0 Å². The number of aromatic nitrogens is 2. The van der Waals surface area contributed by atoms with Crippen LogP contribution in [0, 0.1) is 5.92 Å². The summed E-state index contributed by atoms with van der Waals surface area (Å²) < 4.78 is 1.88. The highest BCUT2D eigenvalue weighted by atomic mass is 35.5. The molecular weight excluding hydrogens is 238 g/mol. The molecule has 0 bridgehead atoms. The number of halogens is 1. The summed E-state index contributed by atoms with van der Waals surface area (Å²) >= 11 is 5.92. The lowest BCUT2D eigenvalue weighted by Gasteiger charge is -2.25. The standard InChI is InChI=1S/C12H20ClN3O/c1-16-11(13)7-15-12(16)8-14-6-9-3-2-4-10(17)5-9/h7,9-10,14,17H,2-6,8H2,1H3. The van der Waals surface area contributed by atoms with E-state index in [2.05, 4.69) is 10.3 Å². The number of aliphatic hydroxyl groups is 1. The van der Waals surface area contributed by atoms with E-state index < -0.39 is 0 Å². The summed E-state index contributed by atoms with van der Waals surface area (Å²) in [5.74, 6) is 1.54. The van der Waals surface area contributed by atoms with Crippen LogP contribution >= 0.6 is 11.6 Å². The van der Waals surface area contributed by atoms with Crippen molar-refractivity contribution < 1.29 is 5.11 Å². The van der Waals surface area contributed by atoms with Gasteiger partial charge in [-0.1, -0.05) is 18.0 Å². The largest absolute Gasteiger partial charge is 0.393 e. The first-order chi connectivity index (χ1) is 8.16. The normalized spacial score (nSPS) is 25.1. The zero-order valence-electron chi connectivity index (χ0n) is 10.2. The Bertz CT molecular complexity index is 367. The molecule has 1 aromatic rings. The Labute approximate surface area is 107 Å². The van der Waals surface area contributed by atoms with Gasteiger partial charge in [-0.3, -0.25) is 0 Å². The minimum absolute atomic E-state index is 0.0989. The number of rotatable bonds is 4. The van der Waals surface area contributed by atoms with Crippen molar-refractivity contribution >= 4 is 11.6 Å². The molecule has 4 nitrogen and oxygen atoms in total. The van der Waals surface area contributed by atoms with E-state index >= 15 is 0 Å². The molecule has 0 spiro atoms. The number of hydrogen-bond donors (Lipinski definition) is 2. The van der Waals surface area contributed by atoms with Crippen LogP contribution in [0.1, 0.15) is 31.5 Å². The lowest BCUT2D eigenvalue weighted by molar-refractivity contribution is 0.100. The van der Waals surface area contributed by atoms with Crippen LogP contribution in [0.3, 0.4) is 0 Å². The molecule has 17 heavy (non-hydrogen) atoms. The molecule has 0 saturated heterocycles. The van der Waals surface area contributed by atoms with Crippen molar-refractivity contribution in [2.75, 3.05) is 6.54 Å². The lowest BCUT2D eigenvalue weighted by atomic mass is 9.87. The van der Waals surface area contributed by atoms with Crippen molar-refractivity contribution in [3.63, 3.8) is 0 Å². The van der Waals surface area contributed by atoms with E-state index in [1.54, 1.807) is 6.20 Å². The minimum atomic E-state index is -0.0989. The van der Waals surface area contributed by atoms with Crippen LogP contribution < -0.4 is 5.32 Å². The summed E-state index contributed by atoms with van der Waals surface area (Å²) in [5, 5.41) is 13.6. The second-order valence-corrected chi connectivity index (χ2v) is 5.26. The summed E-state index contributed by atoms with van der Waals surface area (Å²) in [6, 6.07) is 0. The van der Waals surface area contributed by atoms with Crippen molar-refractivity contribution in [2.24, 2.45) is 13.0 Å². The molecule has 1 aliphatic carbocycles. The van der Waals surface area contributed by atoms with E-state index in [4.69, 9.17) is 11.6 Å². The highest BCUT2D eigenvalue weighted by Crippen LogP contribution is 2.23. The second kappa shape index (κ2) is 5.85. The Balaban J connectivity index is 1.74. The van der Waals surface area contributed by atoms with Gasteiger partial charge in [0.25, 0.3) is 0 Å². The van der Waals surface area contributed by atoms with Crippen molar-refractivity contribution in [1.29, 1.82) is 0 Å². The van der Waals surface area contributed by atoms with E-state index in [1.165, 1.54) is 6.42 Å². The third kappa shape index (κ3) is 3.44. The Morgan fingerprint density at radius 3 is 3.06 bits per heavy atom. The van der Waals surface area contributed by atoms with Crippen LogP contribution in [0.15, 0.2) is 6.20 Å². The molecule has 1 heterocycles. The van der Waals surface area contributed by atoms with E-state index in [9.17, 15) is 5.11 Å². The Hall–Kier alpha value is -0.580. The van der Waals surface area contributed by atoms with E-state index in [-0.39, 0.29) is 6.10 Å². The van der Waals surface area contributed by atoms with Crippen molar-refractivity contribution in [2.45, 2.75) is 38.3 Å². The molecule has 1 saturated carbocycles. The number of imidazole rings is 1. The van der Waals surface area contributed by atoms with Gasteiger partial charge < -0.3 is 15.0 Å². The molecule has 5 heteroatoms. The highest BCUT2D eigenvalue weighted by Gasteiger charge is 2.19. The van der Waals surface area contributed by atoms with Crippen molar-refractivity contribution in [3.05, 3.63) is 17.2 Å². The minimum Gasteiger partial charge on any atom is -0.393 e. The number of nitrogens with zero attached hydrogens (tertiary/aromatic N) is 2. The van der Waals surface area contributed by atoms with Crippen molar-refractivity contribution in [1.82, 2.24) is 14.9 Å². The maximum absolute atomic E-state index is 9.58. The molecule has 1 fully saturated rings. The summed E-state index contributed by atoms with van der Waals surface area (Å²) in [4.78, 5) is 4.23. The molecule has 96 valence electrons. The monoisotopic (exact) mass is 257 g/mol. The third-order valence-corrected chi connectivity index (χ3v) is 3.85. The van der Waals surface area contributed by atoms with Gasteiger partial charge in [0.2, 0.25) is 0 Å². The Kier molecular flexibility index (Phi) is 4.42. The van der Waals surface area contributed by atoms with Crippen LogP contribution in [0.4, 0.5) is 0 Å². The fraction of sp³-hybridized carbons (Fsp3) is 0.750. The molecule has 1 aromatic heterocycles. The molecule has 0 radical (unpaired) electrons. The smallest absolute Gasteiger partial charge is 0.128 e. The summed E-state index contributed by atoms with van der Waals surface area (Å²) in [7, 11) is 1.91. The first-order valence-electron chi connectivity index (χ1n) is 6.21. The molecule has 2 rings (SSSR count). The highest BCUT2D eigenvalue weighted by molar-refractivity contribution is 6.29. The molecule has 0 amide bonds. The van der Waals surface area contributed by atoms with Gasteiger partial charge in [0.1, 0.15) is 11.0 Å². The van der Waals surface area contributed by atoms with E-state index in [0.29, 0.717) is 11.1 Å². The summed E-state index contributed by atoms with van der Waals surface area (Å²) in [6.45, 7) is 1.68. The fourth-order valence-electron chi connectivity index (χ4n) is 2.42. The molecular formula is C12H20ClN3O. The van der Waals surface area contributed by atoms with Crippen LogP contribution in [0.5, 0.6) is 0 Å². The van der Waals surface area contributed by atoms with Gasteiger partial charge in [0, 0.05) is 7.05 Å². The Morgan fingerprint density at radius 2 is 2.41 bits per heavy atom. The molecule has 1 aliphatic rings. The van der Waals surface area contributed by atoms with E-state index in [0.717, 1.165) is 38.2 Å². The lowest BCUT2D eigenvalue weighted by Crippen LogP contribution is -2.29. The zero-order valence-corrected chi connectivity index (χ0v) is 11.0. The molecule has 2 N–H and O–H groups in total. The van der Waals surface area contributed by atoms with Crippen LogP contribution in [-0.4, -0.2) is 27.3 Å². The molecule has 0 aromatic carbocycles. The number of aliphatic hydroxyl groups excluding tert-OH is 1. The molecule has 2 atom stereocenters. The fourth-order valence-corrected chi connectivity index (χ4v) is 2.57. The summed E-state index contributed by atoms with van der Waals surface area (Å²) in [5.41, 5.74) is 0. The predicted octanol–water partition coefficient (Wildman–Crippen LogP) is 1.71. The van der Waals surface area contributed by atoms with Crippen LogP contribution in [0.2, 0.25) is 5.15 Å². The van der Waals surface area contributed by atoms with Gasteiger partial charge in [0.05, 0.1) is 18.8 Å². The molecule has 0 aliphatic heterocycles. The van der Waals surface area contributed by atoms with Crippen LogP contribution in [0.25, 0.3) is 0 Å². The first kappa shape index (κ1) is 12.9. The predicted molar refractivity (Wildman–Crippen MR) is 67.9 cm³/mol. The average Bonchev–Trinajstić information content (AvgIpc) is 2.61. The SMILES string of the molecule is Cn1c(Cl)cnc1CNCC1CCCC(O)C1. The maximum Gasteiger partial charge on any atom is 0.128 e. The quantitative estimate of drug-likeness (QED) is 0.864. The van der Waals surface area contributed by atoms with Gasteiger partial charge in [-0.2, -0.15) is 0 Å². The zero-order chi connectivity index (χ0) is 12.3. The van der Waals surface area contributed by atoms with Gasteiger partial charge in [-0.05, 0) is 31.7 Å². The number of nitrogens with one attached hydrogen (secondary N) is 1. The van der Waals surface area contributed by atoms with Gasteiger partial charge >= 0.3 is 0 Å². The van der Waals surface area contributed by atoms with Crippen molar-refractivity contribution in [3.8, 4) is 0 Å². The van der Waals surface area contributed by atoms with E-state index in [1.807, 2.05) is 11.6 Å². The summed E-state index contributed by atoms with van der Waals surface area (Å²) in [6.07, 6.45) is 5.81. The van der Waals surface area contributed by atoms with Gasteiger partial charge in [-0.25, -0.2) is 4.98 Å². The maximum atomic E-state index is 9.58. The topological polar surface area (TPSA) is 50.1 Å². The molecule has 2 unspecified atom stereocenters. The van der Waals surface area contributed by atoms with Crippen LogP contribution in [-0.2, 0) is 13.6 Å². The second-order valence-electron chi connectivity index (χ2n) is 4.87. The van der Waals surface area contributed by atoms with Gasteiger partial charge in [-0.15, -0.1) is 0 Å². The first-order valence-corrected chi connectivity index (χ1v) is 6.59. The third-order valence-electron chi connectivity index (χ3n) is 3.50. The Morgan fingerprint density at radius 1 is 1.59 bits per heavy atom. The number of hydrogen-bond acceptors (Lipinski definition) is 3. The average molecular weight is 258 g/mol.